The van der Waals surface area contributed by atoms with E-state index in [0.717, 1.165) is 23.9 Å². The van der Waals surface area contributed by atoms with Crippen LogP contribution in [0.25, 0.3) is 5.69 Å². The van der Waals surface area contributed by atoms with E-state index in [1.54, 1.807) is 0 Å². The number of unbranched alkanes of at least 4 members (excludes halogenated alkanes) is 3. The Hall–Kier alpha value is -3.00. The van der Waals surface area contributed by atoms with Gasteiger partial charge in [-0.3, -0.25) is 19.6 Å². The third kappa shape index (κ3) is 7.28. The van der Waals surface area contributed by atoms with E-state index in [1.807, 2.05) is 0 Å². The molecule has 0 bridgehead atoms. The molecule has 0 aliphatic heterocycles. The molecule has 0 spiro atoms. The summed E-state index contributed by atoms with van der Waals surface area (Å²) in [6.45, 7) is 2.38. The number of H-pyrrole nitrogens is 1. The Kier molecular flexibility index (Phi) is 9.29. The van der Waals surface area contributed by atoms with Gasteiger partial charge in [-0.05, 0) is 55.0 Å². The van der Waals surface area contributed by atoms with Crippen molar-refractivity contribution in [1.82, 2.24) is 9.78 Å². The molecular formula is C22H23Cl2N5O6S2. The minimum atomic E-state index is -3.96. The van der Waals surface area contributed by atoms with Crippen molar-refractivity contribution in [2.45, 2.75) is 42.4 Å². The second-order valence-electron chi connectivity index (χ2n) is 7.87. The Morgan fingerprint density at radius 3 is 1.97 bits per heavy atom. The van der Waals surface area contributed by atoms with Gasteiger partial charge in [-0.1, -0.05) is 26.2 Å². The molecule has 3 aromatic rings. The fourth-order valence-corrected chi connectivity index (χ4v) is 4.90. The lowest BCUT2D eigenvalue weighted by molar-refractivity contribution is -0.107. The normalized spacial score (nSPS) is 12.2. The van der Waals surface area contributed by atoms with Crippen LogP contribution in [0.4, 0.5) is 17.2 Å². The summed E-state index contributed by atoms with van der Waals surface area (Å²) in [5.41, 5.74) is -0.323. The summed E-state index contributed by atoms with van der Waals surface area (Å²) in [5.74, 6) is 0.0919. The molecular weight excluding hydrogens is 565 g/mol. The van der Waals surface area contributed by atoms with Crippen LogP contribution in [0.15, 0.2) is 73.3 Å². The lowest BCUT2D eigenvalue weighted by Gasteiger charge is -2.15. The summed E-state index contributed by atoms with van der Waals surface area (Å²) >= 11 is 0. The van der Waals surface area contributed by atoms with Crippen LogP contribution in [0.5, 0.6) is 0 Å². The number of carbonyl (C=O) groups excluding carboxylic acids is 1. The monoisotopic (exact) mass is 587 g/mol. The third-order valence-corrected chi connectivity index (χ3v) is 8.01. The number of amides is 1. The quantitative estimate of drug-likeness (QED) is 0.136. The molecule has 0 aliphatic carbocycles. The number of hydrogen-bond donors (Lipinski definition) is 1. The fraction of sp³-hybridized carbons (Fsp3) is 0.273. The summed E-state index contributed by atoms with van der Waals surface area (Å²) in [5, 5.41) is 10.9. The minimum absolute atomic E-state index is 0.0919. The molecule has 0 saturated carbocycles. The van der Waals surface area contributed by atoms with Crippen LogP contribution < -0.4 is 10.5 Å². The summed E-state index contributed by atoms with van der Waals surface area (Å²) in [4.78, 5) is 26.2. The average molecular weight is 588 g/mol. The Labute approximate surface area is 222 Å². The van der Waals surface area contributed by atoms with Crippen LogP contribution >= 0.6 is 21.4 Å². The topological polar surface area (TPSA) is 151 Å². The van der Waals surface area contributed by atoms with Crippen molar-refractivity contribution in [3.8, 4) is 5.69 Å². The highest BCUT2D eigenvalue weighted by Gasteiger charge is 2.21. The highest BCUT2D eigenvalue weighted by Crippen LogP contribution is 2.27. The van der Waals surface area contributed by atoms with Crippen LogP contribution in [-0.4, -0.2) is 39.6 Å². The maximum atomic E-state index is 13.3. The van der Waals surface area contributed by atoms with Gasteiger partial charge in [0.1, 0.15) is 0 Å². The second-order valence-corrected chi connectivity index (χ2v) is 13.0. The largest absolute Gasteiger partial charge is 0.301 e. The van der Waals surface area contributed by atoms with Gasteiger partial charge in [0.05, 0.1) is 21.2 Å². The molecule has 15 heteroatoms. The third-order valence-electron chi connectivity index (χ3n) is 5.27. The van der Waals surface area contributed by atoms with Gasteiger partial charge in [0.25, 0.3) is 18.1 Å². The van der Waals surface area contributed by atoms with E-state index in [2.05, 4.69) is 22.3 Å². The van der Waals surface area contributed by atoms with Crippen molar-refractivity contribution in [2.75, 3.05) is 11.4 Å². The van der Waals surface area contributed by atoms with Crippen LogP contribution in [-0.2, 0) is 22.9 Å². The number of nitrogens with zero attached hydrogens (tertiary/aromatic N) is 4. The number of azo groups is 1. The zero-order valence-electron chi connectivity index (χ0n) is 19.5. The first-order valence-corrected chi connectivity index (χ1v) is 15.7. The molecule has 1 heterocycles. The Morgan fingerprint density at radius 1 is 0.892 bits per heavy atom. The number of benzene rings is 2. The summed E-state index contributed by atoms with van der Waals surface area (Å²) < 4.78 is 47.1. The fourth-order valence-electron chi connectivity index (χ4n) is 3.36. The number of hydrogen-bond acceptors (Lipinski definition) is 8. The van der Waals surface area contributed by atoms with Crippen molar-refractivity contribution >= 4 is 63.1 Å². The summed E-state index contributed by atoms with van der Waals surface area (Å²) in [6.07, 6.45) is 4.13. The number of halogens is 2. The van der Waals surface area contributed by atoms with Gasteiger partial charge in [-0.2, -0.15) is 5.11 Å². The van der Waals surface area contributed by atoms with E-state index < -0.39 is 23.7 Å². The molecule has 2 aromatic carbocycles. The lowest BCUT2D eigenvalue weighted by Crippen LogP contribution is -2.23. The van der Waals surface area contributed by atoms with Gasteiger partial charge in [0.15, 0.2) is 11.5 Å². The highest BCUT2D eigenvalue weighted by atomic mass is 35.7. The SMILES string of the molecule is CCCCCCN(C=O)c1[nH]n(-c2ccc(S(=O)(=O)Cl)cc2)c(=O)c1N=Nc1ccc(S(=O)(=O)Cl)cc1. The van der Waals surface area contributed by atoms with Crippen LogP contribution in [0.1, 0.15) is 32.6 Å². The van der Waals surface area contributed by atoms with Gasteiger partial charge in [0, 0.05) is 27.9 Å². The maximum absolute atomic E-state index is 13.3. The van der Waals surface area contributed by atoms with E-state index in [1.165, 1.54) is 53.4 Å². The first-order chi connectivity index (χ1) is 17.5. The summed E-state index contributed by atoms with van der Waals surface area (Å²) in [6, 6.07) is 10.4. The Morgan fingerprint density at radius 2 is 1.46 bits per heavy atom. The van der Waals surface area contributed by atoms with Gasteiger partial charge < -0.3 is 0 Å². The molecule has 0 saturated heterocycles. The predicted octanol–water partition coefficient (Wildman–Crippen LogP) is 4.98. The molecule has 0 atom stereocenters. The van der Waals surface area contributed by atoms with Crippen molar-refractivity contribution in [3.63, 3.8) is 0 Å². The summed E-state index contributed by atoms with van der Waals surface area (Å²) in [7, 11) is 2.81. The van der Waals surface area contributed by atoms with Crippen LogP contribution in [0.2, 0.25) is 0 Å². The zero-order valence-corrected chi connectivity index (χ0v) is 22.7. The van der Waals surface area contributed by atoms with Gasteiger partial charge >= 0.3 is 5.56 Å². The van der Waals surface area contributed by atoms with E-state index >= 15 is 0 Å². The molecule has 0 aliphatic rings. The maximum Gasteiger partial charge on any atom is 0.301 e. The molecule has 1 N–H and O–H groups in total. The van der Waals surface area contributed by atoms with E-state index in [-0.39, 0.29) is 32.7 Å². The van der Waals surface area contributed by atoms with E-state index in [4.69, 9.17) is 21.4 Å². The number of rotatable bonds is 12. The molecule has 1 amide bonds. The van der Waals surface area contributed by atoms with Crippen molar-refractivity contribution in [1.29, 1.82) is 0 Å². The van der Waals surface area contributed by atoms with Gasteiger partial charge in [-0.25, -0.2) is 21.5 Å². The molecule has 1 aromatic heterocycles. The molecule has 0 radical (unpaired) electrons. The predicted molar refractivity (Wildman–Crippen MR) is 141 cm³/mol. The van der Waals surface area contributed by atoms with E-state index in [0.29, 0.717) is 19.4 Å². The van der Waals surface area contributed by atoms with Gasteiger partial charge in [-0.15, -0.1) is 5.11 Å². The first kappa shape index (κ1) is 28.6. The van der Waals surface area contributed by atoms with Crippen molar-refractivity contribution < 1.29 is 21.6 Å². The van der Waals surface area contributed by atoms with Crippen molar-refractivity contribution in [3.05, 3.63) is 58.9 Å². The average Bonchev–Trinajstić information content (AvgIpc) is 3.18. The molecule has 11 nitrogen and oxygen atoms in total. The Bertz CT molecular complexity index is 1550. The molecule has 198 valence electrons. The molecule has 0 unspecified atom stereocenters. The van der Waals surface area contributed by atoms with E-state index in [9.17, 15) is 26.4 Å². The number of aromatic amines is 1. The number of carbonyl (C=O) groups is 1. The molecule has 0 fully saturated rings. The van der Waals surface area contributed by atoms with Crippen LogP contribution in [0, 0.1) is 0 Å². The smallest absolute Gasteiger partial charge is 0.298 e. The number of aromatic nitrogens is 2. The lowest BCUT2D eigenvalue weighted by atomic mass is 10.2. The van der Waals surface area contributed by atoms with Gasteiger partial charge in [0.2, 0.25) is 6.41 Å². The Balaban J connectivity index is 2.04. The standard InChI is InChI=1S/C22H23Cl2N5O6S2/c1-2-3-4-5-14-28(15-30)21-20(26-25-16-6-10-18(11-7-16)36(23,32)33)22(31)29(27-21)17-8-12-19(13-9-17)37(24,34)35/h6-13,15,27H,2-5,14H2,1H3. The van der Waals surface area contributed by atoms with Crippen LogP contribution in [0.3, 0.4) is 0 Å². The minimum Gasteiger partial charge on any atom is -0.298 e. The molecule has 3 rings (SSSR count). The first-order valence-electron chi connectivity index (χ1n) is 11.0. The highest BCUT2D eigenvalue weighted by molar-refractivity contribution is 8.14. The molecule has 37 heavy (non-hydrogen) atoms. The zero-order chi connectivity index (χ0) is 27.2. The number of nitrogens with one attached hydrogen (secondary N) is 1. The second kappa shape index (κ2) is 12.0. The number of anilines is 1. The van der Waals surface area contributed by atoms with Crippen molar-refractivity contribution in [2.24, 2.45) is 10.2 Å².